The monoisotopic (exact) mass is 220 g/mol. The molecule has 0 saturated heterocycles. The number of hydrogen-bond acceptors (Lipinski definition) is 3. The number of ether oxygens (including phenoxy) is 1. The van der Waals surface area contributed by atoms with Crippen molar-refractivity contribution in [2.24, 2.45) is 0 Å². The summed E-state index contributed by atoms with van der Waals surface area (Å²) in [7, 11) is 0. The summed E-state index contributed by atoms with van der Waals surface area (Å²) in [4.78, 5) is 10.6. The van der Waals surface area contributed by atoms with Gasteiger partial charge in [-0.1, -0.05) is 0 Å². The van der Waals surface area contributed by atoms with E-state index in [4.69, 9.17) is 14.3 Å². The summed E-state index contributed by atoms with van der Waals surface area (Å²) < 4.78 is 10.8. The molecular weight excluding hydrogens is 208 g/mol. The van der Waals surface area contributed by atoms with E-state index in [0.717, 1.165) is 5.57 Å². The van der Waals surface area contributed by atoms with Gasteiger partial charge in [-0.25, -0.2) is 4.79 Å². The maximum Gasteiger partial charge on any atom is 0.328 e. The molecule has 1 aliphatic heterocycles. The van der Waals surface area contributed by atoms with Crippen molar-refractivity contribution in [1.29, 1.82) is 0 Å². The van der Waals surface area contributed by atoms with Crippen LogP contribution in [0.1, 0.15) is 25.2 Å². The van der Waals surface area contributed by atoms with E-state index in [1.165, 1.54) is 6.08 Å². The Morgan fingerprint density at radius 3 is 3.06 bits per heavy atom. The normalized spacial score (nSPS) is 22.7. The quantitative estimate of drug-likeness (QED) is 0.778. The van der Waals surface area contributed by atoms with Gasteiger partial charge >= 0.3 is 5.97 Å². The Labute approximate surface area is 92.8 Å². The van der Waals surface area contributed by atoms with Crippen LogP contribution < -0.4 is 0 Å². The third-order valence-electron chi connectivity index (χ3n) is 2.31. The zero-order valence-corrected chi connectivity index (χ0v) is 8.84. The van der Waals surface area contributed by atoms with Gasteiger partial charge < -0.3 is 14.3 Å². The number of hydrogen-bond donors (Lipinski definition) is 1. The maximum atomic E-state index is 10.6. The van der Waals surface area contributed by atoms with E-state index in [-0.39, 0.29) is 6.10 Å². The molecule has 0 aromatic carbocycles. The molecule has 0 amide bonds. The summed E-state index contributed by atoms with van der Waals surface area (Å²) in [6.45, 7) is 1.80. The number of carbonyl (C=O) groups is 1. The van der Waals surface area contributed by atoms with E-state index in [1.807, 2.05) is 6.07 Å². The molecule has 16 heavy (non-hydrogen) atoms. The van der Waals surface area contributed by atoms with Crippen molar-refractivity contribution in [3.63, 3.8) is 0 Å². The second-order valence-corrected chi connectivity index (χ2v) is 3.64. The number of carboxylic acid groups (broad SMARTS) is 1. The number of carboxylic acids is 1. The first-order chi connectivity index (χ1) is 7.65. The SMILES string of the molecule is CC1=C/C(=C/C(=O)O)CC(c2ccco2)O1. The summed E-state index contributed by atoms with van der Waals surface area (Å²) in [5.41, 5.74) is 0.734. The van der Waals surface area contributed by atoms with Crippen molar-refractivity contribution < 1.29 is 19.1 Å². The van der Waals surface area contributed by atoms with Gasteiger partial charge in [0, 0.05) is 12.5 Å². The maximum absolute atomic E-state index is 10.6. The van der Waals surface area contributed by atoms with Crippen LogP contribution in [0.3, 0.4) is 0 Å². The lowest BCUT2D eigenvalue weighted by Crippen LogP contribution is -2.09. The van der Waals surface area contributed by atoms with Gasteiger partial charge in [0.2, 0.25) is 0 Å². The first-order valence-electron chi connectivity index (χ1n) is 4.97. The Morgan fingerprint density at radius 2 is 2.44 bits per heavy atom. The summed E-state index contributed by atoms with van der Waals surface area (Å²) >= 11 is 0. The number of furan rings is 1. The van der Waals surface area contributed by atoms with Crippen molar-refractivity contribution in [3.8, 4) is 0 Å². The van der Waals surface area contributed by atoms with Crippen LogP contribution in [0.25, 0.3) is 0 Å². The van der Waals surface area contributed by atoms with Crippen molar-refractivity contribution in [2.75, 3.05) is 0 Å². The topological polar surface area (TPSA) is 59.7 Å². The molecule has 0 radical (unpaired) electrons. The van der Waals surface area contributed by atoms with Crippen LogP contribution in [-0.2, 0) is 9.53 Å². The molecule has 4 nitrogen and oxygen atoms in total. The fraction of sp³-hybridized carbons (Fsp3) is 0.250. The summed E-state index contributed by atoms with van der Waals surface area (Å²) in [5, 5.41) is 8.70. The molecule has 1 aliphatic rings. The molecule has 1 unspecified atom stereocenters. The van der Waals surface area contributed by atoms with Gasteiger partial charge in [0.1, 0.15) is 5.76 Å². The molecule has 4 heteroatoms. The Balaban J connectivity index is 2.22. The fourth-order valence-corrected chi connectivity index (χ4v) is 1.73. The van der Waals surface area contributed by atoms with Crippen LogP contribution in [0.4, 0.5) is 0 Å². The van der Waals surface area contributed by atoms with E-state index in [0.29, 0.717) is 17.9 Å². The molecule has 0 spiro atoms. The molecule has 2 heterocycles. The molecule has 0 fully saturated rings. The minimum Gasteiger partial charge on any atom is -0.487 e. The first kappa shape index (κ1) is 10.5. The van der Waals surface area contributed by atoms with Crippen molar-refractivity contribution in [3.05, 3.63) is 47.6 Å². The minimum absolute atomic E-state index is 0.231. The van der Waals surface area contributed by atoms with Crippen LogP contribution in [0.15, 0.2) is 46.3 Å². The van der Waals surface area contributed by atoms with Gasteiger partial charge in [-0.3, -0.25) is 0 Å². The lowest BCUT2D eigenvalue weighted by Gasteiger charge is -2.22. The zero-order valence-electron chi connectivity index (χ0n) is 8.84. The Morgan fingerprint density at radius 1 is 1.62 bits per heavy atom. The van der Waals surface area contributed by atoms with Gasteiger partial charge in [-0.2, -0.15) is 0 Å². The number of allylic oxidation sites excluding steroid dienone is 2. The summed E-state index contributed by atoms with van der Waals surface area (Å²) in [6, 6.07) is 3.61. The predicted octanol–water partition coefficient (Wildman–Crippen LogP) is 2.66. The third kappa shape index (κ3) is 2.34. The van der Waals surface area contributed by atoms with Crippen LogP contribution in [0.5, 0.6) is 0 Å². The highest BCUT2D eigenvalue weighted by molar-refractivity contribution is 5.81. The zero-order chi connectivity index (χ0) is 11.5. The smallest absolute Gasteiger partial charge is 0.328 e. The molecule has 0 aliphatic carbocycles. The third-order valence-corrected chi connectivity index (χ3v) is 2.31. The lowest BCUT2D eigenvalue weighted by atomic mass is 10.0. The Hall–Kier alpha value is -1.97. The van der Waals surface area contributed by atoms with Crippen molar-refractivity contribution in [2.45, 2.75) is 19.4 Å². The molecule has 0 saturated carbocycles. The van der Waals surface area contributed by atoms with E-state index in [2.05, 4.69) is 0 Å². The van der Waals surface area contributed by atoms with E-state index >= 15 is 0 Å². The largest absolute Gasteiger partial charge is 0.487 e. The molecule has 84 valence electrons. The summed E-state index contributed by atoms with van der Waals surface area (Å²) in [6.07, 6.45) is 4.78. The molecule has 1 aromatic rings. The lowest BCUT2D eigenvalue weighted by molar-refractivity contribution is -0.131. The van der Waals surface area contributed by atoms with E-state index < -0.39 is 5.97 Å². The van der Waals surface area contributed by atoms with Crippen molar-refractivity contribution in [1.82, 2.24) is 0 Å². The highest BCUT2D eigenvalue weighted by Gasteiger charge is 2.22. The van der Waals surface area contributed by atoms with Crippen LogP contribution >= 0.6 is 0 Å². The minimum atomic E-state index is -0.945. The van der Waals surface area contributed by atoms with Gasteiger partial charge in [0.15, 0.2) is 6.10 Å². The highest BCUT2D eigenvalue weighted by atomic mass is 16.5. The molecule has 1 atom stereocenters. The standard InChI is InChI=1S/C12H12O4/c1-8-5-9(7-12(13)14)6-11(16-8)10-3-2-4-15-10/h2-5,7,11H,6H2,1H3,(H,13,14)/b9-7-. The Bertz CT molecular complexity index is 440. The fourth-order valence-electron chi connectivity index (χ4n) is 1.73. The van der Waals surface area contributed by atoms with Gasteiger partial charge in [0.05, 0.1) is 12.0 Å². The average Bonchev–Trinajstić information content (AvgIpc) is 2.67. The van der Waals surface area contributed by atoms with Crippen LogP contribution in [0, 0.1) is 0 Å². The predicted molar refractivity (Wildman–Crippen MR) is 56.6 cm³/mol. The van der Waals surface area contributed by atoms with Gasteiger partial charge in [-0.05, 0) is 30.7 Å². The van der Waals surface area contributed by atoms with Crippen LogP contribution in [0.2, 0.25) is 0 Å². The molecule has 1 aromatic heterocycles. The van der Waals surface area contributed by atoms with Gasteiger partial charge in [0.25, 0.3) is 0 Å². The van der Waals surface area contributed by atoms with E-state index in [9.17, 15) is 4.79 Å². The molecule has 1 N–H and O–H groups in total. The second kappa shape index (κ2) is 4.26. The molecule has 0 bridgehead atoms. The Kier molecular flexibility index (Phi) is 2.81. The van der Waals surface area contributed by atoms with Crippen LogP contribution in [-0.4, -0.2) is 11.1 Å². The number of rotatable bonds is 2. The second-order valence-electron chi connectivity index (χ2n) is 3.64. The average molecular weight is 220 g/mol. The van der Waals surface area contributed by atoms with E-state index in [1.54, 1.807) is 25.3 Å². The summed E-state index contributed by atoms with van der Waals surface area (Å²) in [5.74, 6) is 0.461. The molecule has 2 rings (SSSR count). The first-order valence-corrected chi connectivity index (χ1v) is 4.97. The van der Waals surface area contributed by atoms with Crippen molar-refractivity contribution >= 4 is 5.97 Å². The van der Waals surface area contributed by atoms with Gasteiger partial charge in [-0.15, -0.1) is 0 Å². The highest BCUT2D eigenvalue weighted by Crippen LogP contribution is 2.32. The number of aliphatic carboxylic acids is 1. The molecular formula is C12H12O4.